The van der Waals surface area contributed by atoms with Gasteiger partial charge >= 0.3 is 6.36 Å². The summed E-state index contributed by atoms with van der Waals surface area (Å²) in [7, 11) is -4.17. The molecule has 0 spiro atoms. The first-order chi connectivity index (χ1) is 15.5. The van der Waals surface area contributed by atoms with Crippen LogP contribution in [0, 0.1) is 0 Å². The highest BCUT2D eigenvalue weighted by Crippen LogP contribution is 2.29. The molecule has 0 unspecified atom stereocenters. The van der Waals surface area contributed by atoms with Crippen molar-refractivity contribution in [1.82, 2.24) is 9.61 Å². The van der Waals surface area contributed by atoms with Gasteiger partial charge in [-0.2, -0.15) is 5.10 Å². The summed E-state index contributed by atoms with van der Waals surface area (Å²) in [5.74, 6) is -0.427. The van der Waals surface area contributed by atoms with Gasteiger partial charge in [-0.05, 0) is 48.0 Å². The zero-order valence-corrected chi connectivity index (χ0v) is 18.2. The summed E-state index contributed by atoms with van der Waals surface area (Å²) < 4.78 is 70.0. The van der Waals surface area contributed by atoms with Crippen LogP contribution in [0.5, 0.6) is 5.75 Å². The first-order valence-electron chi connectivity index (χ1n) is 9.47. The zero-order chi connectivity index (χ0) is 23.8. The van der Waals surface area contributed by atoms with Crippen molar-refractivity contribution < 1.29 is 31.1 Å². The smallest absolute Gasteiger partial charge is 0.406 e. The van der Waals surface area contributed by atoms with Crippen LogP contribution in [-0.4, -0.2) is 30.2 Å². The van der Waals surface area contributed by atoms with Crippen LogP contribution in [0.2, 0.25) is 5.02 Å². The number of ketones is 1. The average molecular weight is 498 g/mol. The maximum Gasteiger partial charge on any atom is 0.573 e. The van der Waals surface area contributed by atoms with Gasteiger partial charge in [0.1, 0.15) is 17.4 Å². The first-order valence-corrected chi connectivity index (χ1v) is 11.3. The van der Waals surface area contributed by atoms with Crippen LogP contribution in [-0.2, 0) is 14.8 Å². The van der Waals surface area contributed by atoms with E-state index >= 15 is 0 Å². The zero-order valence-electron chi connectivity index (χ0n) is 16.6. The van der Waals surface area contributed by atoms with Crippen molar-refractivity contribution in [3.63, 3.8) is 0 Å². The van der Waals surface area contributed by atoms with Crippen LogP contribution in [0.25, 0.3) is 11.1 Å². The molecule has 0 radical (unpaired) electrons. The van der Waals surface area contributed by atoms with Crippen molar-refractivity contribution in [2.75, 3.05) is 4.72 Å². The number of sulfonamides is 1. The van der Waals surface area contributed by atoms with Gasteiger partial charge in [0.15, 0.2) is 0 Å². The Morgan fingerprint density at radius 2 is 1.82 bits per heavy atom. The molecular weight excluding hydrogens is 483 g/mol. The van der Waals surface area contributed by atoms with Gasteiger partial charge in [-0.15, -0.1) is 13.2 Å². The number of rotatable bonds is 5. The number of nitrogens with one attached hydrogen (secondary N) is 1. The van der Waals surface area contributed by atoms with Crippen LogP contribution >= 0.6 is 11.6 Å². The lowest BCUT2D eigenvalue weighted by molar-refractivity contribution is -0.274. The summed E-state index contributed by atoms with van der Waals surface area (Å²) in [5.41, 5.74) is 1.60. The first kappa shape index (κ1) is 22.9. The van der Waals surface area contributed by atoms with Crippen LogP contribution < -0.4 is 9.46 Å². The van der Waals surface area contributed by atoms with Crippen molar-refractivity contribution in [3.05, 3.63) is 71.4 Å². The van der Waals surface area contributed by atoms with Gasteiger partial charge in [0.2, 0.25) is 0 Å². The Hall–Kier alpha value is -3.31. The van der Waals surface area contributed by atoms with Crippen LogP contribution in [0.3, 0.4) is 0 Å². The topological polar surface area (TPSA) is 89.8 Å². The highest BCUT2D eigenvalue weighted by Gasteiger charge is 2.31. The number of pyridine rings is 1. The lowest BCUT2D eigenvalue weighted by Crippen LogP contribution is -2.18. The van der Waals surface area contributed by atoms with Crippen molar-refractivity contribution in [1.29, 1.82) is 0 Å². The van der Waals surface area contributed by atoms with Gasteiger partial charge < -0.3 is 4.74 Å². The van der Waals surface area contributed by atoms with Gasteiger partial charge in [-0.3, -0.25) is 9.52 Å². The lowest BCUT2D eigenvalue weighted by atomic mass is 10.1. The van der Waals surface area contributed by atoms with E-state index in [1.54, 1.807) is 24.3 Å². The molecule has 1 N–H and O–H groups in total. The maximum atomic E-state index is 12.8. The molecule has 0 fully saturated rings. The second kappa shape index (κ2) is 8.56. The molecule has 0 amide bonds. The second-order valence-electron chi connectivity index (χ2n) is 7.03. The largest absolute Gasteiger partial charge is 0.573 e. The molecule has 4 rings (SSSR count). The van der Waals surface area contributed by atoms with E-state index in [1.165, 1.54) is 16.6 Å². The number of halogens is 4. The Kier molecular flexibility index (Phi) is 5.93. The molecule has 0 saturated carbocycles. The molecule has 1 aliphatic carbocycles. The number of hydrogen-bond acceptors (Lipinski definition) is 5. The van der Waals surface area contributed by atoms with Crippen molar-refractivity contribution in [2.45, 2.75) is 24.1 Å². The fraction of sp³-hybridized carbons (Fsp3) is 0.143. The highest BCUT2D eigenvalue weighted by molar-refractivity contribution is 7.92. The predicted octanol–water partition coefficient (Wildman–Crippen LogP) is 4.99. The third kappa shape index (κ3) is 5.20. The van der Waals surface area contributed by atoms with E-state index in [9.17, 15) is 26.4 Å². The van der Waals surface area contributed by atoms with E-state index in [2.05, 4.69) is 14.6 Å². The summed E-state index contributed by atoms with van der Waals surface area (Å²) in [6.07, 6.45) is 0.886. The number of carbonyl (C=O) groups is 1. The monoisotopic (exact) mass is 497 g/mol. The Morgan fingerprint density at radius 3 is 2.52 bits per heavy atom. The summed E-state index contributed by atoms with van der Waals surface area (Å²) in [5, 5.41) is 4.74. The van der Waals surface area contributed by atoms with E-state index in [-0.39, 0.29) is 22.9 Å². The number of benzene rings is 1. The van der Waals surface area contributed by atoms with Crippen LogP contribution in [0.1, 0.15) is 18.5 Å². The number of carbonyl (C=O) groups excluding carboxylic acids is 1. The molecule has 1 aliphatic rings. The molecule has 0 bridgehead atoms. The van der Waals surface area contributed by atoms with Crippen molar-refractivity contribution in [2.24, 2.45) is 0 Å². The van der Waals surface area contributed by atoms with Crippen molar-refractivity contribution in [3.8, 4) is 5.75 Å². The molecule has 3 aromatic rings. The number of Topliss-reactive ketones (excluding diaryl/α,β-unsaturated/α-hetero) is 1. The summed E-state index contributed by atoms with van der Waals surface area (Å²) in [6, 6.07) is 8.34. The molecule has 1 aromatic carbocycles. The molecule has 0 saturated heterocycles. The molecule has 33 heavy (non-hydrogen) atoms. The molecule has 12 heteroatoms. The predicted molar refractivity (Wildman–Crippen MR) is 115 cm³/mol. The van der Waals surface area contributed by atoms with E-state index in [4.69, 9.17) is 11.6 Å². The Balaban J connectivity index is 1.66. The molecule has 2 aromatic heterocycles. The standard InChI is InChI=1S/C21H15ClF3N3O4S/c22-17-10-11-20(27-33(30,31)16-8-6-15(7-9-16)32-21(23,24)25)28-19(17)12-18(26-28)13-2-1-3-14(29)5-4-13/h1-2,4,6-12,27H,3,5H2. The number of aromatic nitrogens is 2. The highest BCUT2D eigenvalue weighted by atomic mass is 35.5. The summed E-state index contributed by atoms with van der Waals surface area (Å²) in [4.78, 5) is 11.4. The number of allylic oxidation sites excluding steroid dienone is 4. The molecule has 0 aliphatic heterocycles. The number of ether oxygens (including phenoxy) is 1. The second-order valence-corrected chi connectivity index (χ2v) is 9.12. The molecule has 0 atom stereocenters. The molecule has 2 heterocycles. The van der Waals surface area contributed by atoms with E-state index in [0.29, 0.717) is 28.2 Å². The van der Waals surface area contributed by atoms with Gasteiger partial charge in [0.25, 0.3) is 10.0 Å². The fourth-order valence-corrected chi connectivity index (χ4v) is 4.40. The maximum absolute atomic E-state index is 12.8. The van der Waals surface area contributed by atoms with E-state index in [0.717, 1.165) is 24.3 Å². The van der Waals surface area contributed by atoms with Gasteiger partial charge in [-0.1, -0.05) is 29.8 Å². The van der Waals surface area contributed by atoms with Crippen molar-refractivity contribution >= 4 is 44.3 Å². The van der Waals surface area contributed by atoms with Crippen LogP contribution in [0.4, 0.5) is 19.0 Å². The normalized spacial score (nSPS) is 14.8. The Bertz CT molecular complexity index is 1390. The quantitative estimate of drug-likeness (QED) is 0.536. The number of anilines is 1. The number of alkyl halides is 3. The third-order valence-corrected chi connectivity index (χ3v) is 6.35. The number of fused-ring (bicyclic) bond motifs is 1. The third-order valence-electron chi connectivity index (χ3n) is 4.66. The lowest BCUT2D eigenvalue weighted by Gasteiger charge is -2.12. The minimum absolute atomic E-state index is 0.0585. The van der Waals surface area contributed by atoms with E-state index in [1.807, 2.05) is 0 Å². The van der Waals surface area contributed by atoms with Gasteiger partial charge in [0, 0.05) is 12.8 Å². The molecule has 7 nitrogen and oxygen atoms in total. The minimum Gasteiger partial charge on any atom is -0.406 e. The van der Waals surface area contributed by atoms with Gasteiger partial charge in [0.05, 0.1) is 21.1 Å². The Morgan fingerprint density at radius 1 is 1.09 bits per heavy atom. The minimum atomic E-state index is -4.89. The fourth-order valence-electron chi connectivity index (χ4n) is 3.16. The number of nitrogens with zero attached hydrogens (tertiary/aromatic N) is 2. The Labute approximate surface area is 191 Å². The molecular formula is C21H15ClF3N3O4S. The summed E-state index contributed by atoms with van der Waals surface area (Å²) >= 11 is 6.26. The van der Waals surface area contributed by atoms with Gasteiger partial charge in [-0.25, -0.2) is 12.9 Å². The number of hydrogen-bond donors (Lipinski definition) is 1. The molecule has 172 valence electrons. The summed E-state index contributed by atoms with van der Waals surface area (Å²) in [6.45, 7) is 0. The SMILES string of the molecule is O=C1CC=CC(c2cc3c(Cl)ccc(NS(=O)(=O)c4ccc(OC(F)(F)F)cc4)n3n2)=CC1. The van der Waals surface area contributed by atoms with E-state index < -0.39 is 22.1 Å². The van der Waals surface area contributed by atoms with Crippen LogP contribution in [0.15, 0.2) is 65.6 Å². The average Bonchev–Trinajstić information content (AvgIpc) is 3.07.